The predicted molar refractivity (Wildman–Crippen MR) is 76.3 cm³/mol. The maximum atomic E-state index is 4.36. The van der Waals surface area contributed by atoms with Crippen LogP contribution in [-0.2, 0) is 0 Å². The van der Waals surface area contributed by atoms with Crippen LogP contribution in [0, 0.1) is 5.92 Å². The molecule has 1 aromatic heterocycles. The number of thioether (sulfide) groups is 1. The molecule has 5 heteroatoms. The first-order chi connectivity index (χ1) is 7.75. The van der Waals surface area contributed by atoms with Gasteiger partial charge in [-0.05, 0) is 47.4 Å². The Kier molecular flexibility index (Phi) is 5.13. The summed E-state index contributed by atoms with van der Waals surface area (Å²) in [5.41, 5.74) is 0. The highest BCUT2D eigenvalue weighted by atomic mass is 79.9. The predicted octanol–water partition coefficient (Wildman–Crippen LogP) is 3.70. The molecule has 0 saturated heterocycles. The summed E-state index contributed by atoms with van der Waals surface area (Å²) in [6, 6.07) is 0.373. The Morgan fingerprint density at radius 1 is 1.69 bits per heavy atom. The van der Waals surface area contributed by atoms with E-state index in [1.54, 1.807) is 11.3 Å². The molecule has 1 fully saturated rings. The van der Waals surface area contributed by atoms with Crippen molar-refractivity contribution in [1.82, 2.24) is 10.3 Å². The molecular formula is C11H17BrN2S2. The van der Waals surface area contributed by atoms with Crippen LogP contribution in [0.15, 0.2) is 9.98 Å². The van der Waals surface area contributed by atoms with Crippen LogP contribution >= 0.6 is 39.0 Å². The number of rotatable bonds is 7. The molecule has 2 nitrogen and oxygen atoms in total. The second kappa shape index (κ2) is 6.38. The highest BCUT2D eigenvalue weighted by Gasteiger charge is 2.20. The van der Waals surface area contributed by atoms with Gasteiger partial charge in [-0.15, -0.1) is 11.3 Å². The van der Waals surface area contributed by atoms with Gasteiger partial charge in [-0.1, -0.05) is 0 Å². The van der Waals surface area contributed by atoms with Gasteiger partial charge in [0, 0.05) is 12.3 Å². The van der Waals surface area contributed by atoms with Gasteiger partial charge in [0.05, 0.1) is 16.0 Å². The largest absolute Gasteiger partial charge is 0.307 e. The molecule has 0 radical (unpaired) electrons. The Balaban J connectivity index is 1.57. The summed E-state index contributed by atoms with van der Waals surface area (Å²) in [6.07, 6.45) is 4.80. The molecule has 0 bridgehead atoms. The zero-order valence-electron chi connectivity index (χ0n) is 9.41. The van der Waals surface area contributed by atoms with E-state index in [4.69, 9.17) is 0 Å². The number of halogens is 1. The van der Waals surface area contributed by atoms with Crippen molar-refractivity contribution < 1.29 is 0 Å². The minimum atomic E-state index is 0.373. The lowest BCUT2D eigenvalue weighted by molar-refractivity contribution is 0.598. The first-order valence-corrected chi connectivity index (χ1v) is 8.44. The number of hydrogen-bond acceptors (Lipinski definition) is 4. The number of nitrogens with one attached hydrogen (secondary N) is 1. The molecule has 0 aliphatic heterocycles. The number of thiazole rings is 1. The normalized spacial score (nSPS) is 17.6. The van der Waals surface area contributed by atoms with Crippen LogP contribution in [0.4, 0.5) is 0 Å². The van der Waals surface area contributed by atoms with Crippen LogP contribution in [-0.4, -0.2) is 23.0 Å². The van der Waals surface area contributed by atoms with E-state index in [1.165, 1.54) is 29.4 Å². The summed E-state index contributed by atoms with van der Waals surface area (Å²) in [7, 11) is 0. The van der Waals surface area contributed by atoms with E-state index in [0.717, 1.165) is 16.2 Å². The Hall–Kier alpha value is 0.420. The van der Waals surface area contributed by atoms with Gasteiger partial charge < -0.3 is 5.32 Å². The standard InChI is InChI=1S/C11H17BrN2S2/c1-8(11-14-6-10(12)16-11)13-4-5-15-7-9-2-3-9/h6,8-9,13H,2-5,7H2,1H3. The monoisotopic (exact) mass is 320 g/mol. The van der Waals surface area contributed by atoms with E-state index in [9.17, 15) is 0 Å². The van der Waals surface area contributed by atoms with E-state index in [1.807, 2.05) is 6.20 Å². The smallest absolute Gasteiger partial charge is 0.110 e. The first-order valence-electron chi connectivity index (χ1n) is 5.68. The van der Waals surface area contributed by atoms with E-state index in [-0.39, 0.29) is 0 Å². The Bertz CT molecular complexity index is 326. The summed E-state index contributed by atoms with van der Waals surface area (Å²) in [5.74, 6) is 3.61. The van der Waals surface area contributed by atoms with Crippen molar-refractivity contribution in [2.75, 3.05) is 18.1 Å². The molecule has 16 heavy (non-hydrogen) atoms. The minimum Gasteiger partial charge on any atom is -0.307 e. The van der Waals surface area contributed by atoms with Crippen molar-refractivity contribution >= 4 is 39.0 Å². The Morgan fingerprint density at radius 3 is 3.12 bits per heavy atom. The van der Waals surface area contributed by atoms with E-state index in [0.29, 0.717) is 6.04 Å². The quantitative estimate of drug-likeness (QED) is 0.775. The van der Waals surface area contributed by atoms with E-state index >= 15 is 0 Å². The van der Waals surface area contributed by atoms with Gasteiger partial charge in [0.2, 0.25) is 0 Å². The zero-order chi connectivity index (χ0) is 11.4. The SMILES string of the molecule is CC(NCCSCC1CC1)c1ncc(Br)s1. The van der Waals surface area contributed by atoms with Crippen LogP contribution in [0.1, 0.15) is 30.8 Å². The molecule has 0 aromatic carbocycles. The highest BCUT2D eigenvalue weighted by Crippen LogP contribution is 2.32. The van der Waals surface area contributed by atoms with Crippen molar-refractivity contribution in [1.29, 1.82) is 0 Å². The third-order valence-electron chi connectivity index (χ3n) is 2.61. The summed E-state index contributed by atoms with van der Waals surface area (Å²) < 4.78 is 1.11. The van der Waals surface area contributed by atoms with Crippen LogP contribution in [0.25, 0.3) is 0 Å². The molecule has 0 spiro atoms. The van der Waals surface area contributed by atoms with Gasteiger partial charge in [0.25, 0.3) is 0 Å². The van der Waals surface area contributed by atoms with Crippen molar-refractivity contribution in [2.45, 2.75) is 25.8 Å². The lowest BCUT2D eigenvalue weighted by atomic mass is 10.3. The average molecular weight is 321 g/mol. The van der Waals surface area contributed by atoms with Gasteiger partial charge in [-0.3, -0.25) is 0 Å². The summed E-state index contributed by atoms with van der Waals surface area (Å²) in [6.45, 7) is 3.26. The third kappa shape index (κ3) is 4.35. The van der Waals surface area contributed by atoms with E-state index < -0.39 is 0 Å². The number of aromatic nitrogens is 1. The Morgan fingerprint density at radius 2 is 2.50 bits per heavy atom. The maximum absolute atomic E-state index is 4.36. The topological polar surface area (TPSA) is 24.9 Å². The molecule has 1 unspecified atom stereocenters. The summed E-state index contributed by atoms with van der Waals surface area (Å²) in [5, 5.41) is 4.68. The molecular weight excluding hydrogens is 304 g/mol. The van der Waals surface area contributed by atoms with Gasteiger partial charge >= 0.3 is 0 Å². The second-order valence-electron chi connectivity index (χ2n) is 4.20. The molecule has 0 amide bonds. The van der Waals surface area contributed by atoms with Crippen molar-refractivity contribution in [2.24, 2.45) is 5.92 Å². The average Bonchev–Trinajstić information content (AvgIpc) is 2.99. The lowest BCUT2D eigenvalue weighted by Gasteiger charge is -2.10. The lowest BCUT2D eigenvalue weighted by Crippen LogP contribution is -2.21. The first kappa shape index (κ1) is 12.9. The fraction of sp³-hybridized carbons (Fsp3) is 0.727. The molecule has 90 valence electrons. The van der Waals surface area contributed by atoms with Gasteiger partial charge in [0.15, 0.2) is 0 Å². The van der Waals surface area contributed by atoms with Crippen LogP contribution in [0.3, 0.4) is 0 Å². The van der Waals surface area contributed by atoms with Crippen LogP contribution < -0.4 is 5.32 Å². The molecule has 1 aliphatic carbocycles. The highest BCUT2D eigenvalue weighted by molar-refractivity contribution is 9.11. The van der Waals surface area contributed by atoms with Crippen molar-refractivity contribution in [3.8, 4) is 0 Å². The summed E-state index contributed by atoms with van der Waals surface area (Å²) in [4.78, 5) is 4.36. The Labute approximate surface area is 114 Å². The minimum absolute atomic E-state index is 0.373. The van der Waals surface area contributed by atoms with Crippen molar-refractivity contribution in [3.05, 3.63) is 15.0 Å². The van der Waals surface area contributed by atoms with Gasteiger partial charge in [0.1, 0.15) is 5.01 Å². The molecule has 1 saturated carbocycles. The fourth-order valence-electron chi connectivity index (χ4n) is 1.44. The van der Waals surface area contributed by atoms with Crippen LogP contribution in [0.2, 0.25) is 0 Å². The zero-order valence-corrected chi connectivity index (χ0v) is 12.6. The molecule has 1 aliphatic rings. The second-order valence-corrected chi connectivity index (χ2v) is 7.79. The third-order valence-corrected chi connectivity index (χ3v) is 5.47. The van der Waals surface area contributed by atoms with Crippen LogP contribution in [0.5, 0.6) is 0 Å². The maximum Gasteiger partial charge on any atom is 0.110 e. The summed E-state index contributed by atoms with van der Waals surface area (Å²) >= 11 is 7.23. The number of nitrogens with zero attached hydrogens (tertiary/aromatic N) is 1. The number of hydrogen-bond donors (Lipinski definition) is 1. The molecule has 1 atom stereocenters. The molecule has 1 aromatic rings. The van der Waals surface area contributed by atoms with Gasteiger partial charge in [-0.2, -0.15) is 11.8 Å². The van der Waals surface area contributed by atoms with Gasteiger partial charge in [-0.25, -0.2) is 4.98 Å². The molecule has 1 N–H and O–H groups in total. The fourth-order valence-corrected chi connectivity index (χ4v) is 3.80. The molecule has 1 heterocycles. The molecule has 2 rings (SSSR count). The van der Waals surface area contributed by atoms with Crippen molar-refractivity contribution in [3.63, 3.8) is 0 Å². The van der Waals surface area contributed by atoms with E-state index in [2.05, 4.69) is 44.9 Å².